The zero-order valence-electron chi connectivity index (χ0n) is 13.5. The van der Waals surface area contributed by atoms with Crippen molar-refractivity contribution in [3.05, 3.63) is 53.7 Å². The van der Waals surface area contributed by atoms with E-state index in [1.54, 1.807) is 12.2 Å². The van der Waals surface area contributed by atoms with E-state index in [0.717, 1.165) is 18.4 Å². The number of amides is 2. The number of rotatable bonds is 5. The van der Waals surface area contributed by atoms with Gasteiger partial charge in [-0.1, -0.05) is 49.8 Å². The Morgan fingerprint density at radius 1 is 1.21 bits per heavy atom. The Bertz CT molecular complexity index is 788. The monoisotopic (exact) mass is 347 g/mol. The van der Waals surface area contributed by atoms with Crippen LogP contribution in [0.1, 0.15) is 25.3 Å². The summed E-state index contributed by atoms with van der Waals surface area (Å²) < 4.78 is 23.4. The predicted molar refractivity (Wildman–Crippen MR) is 95.8 cm³/mol. The summed E-state index contributed by atoms with van der Waals surface area (Å²) in [6.07, 6.45) is 5.14. The van der Waals surface area contributed by atoms with Crippen molar-refractivity contribution < 1.29 is 13.2 Å². The summed E-state index contributed by atoms with van der Waals surface area (Å²) >= 11 is 0. The number of hydrogen-bond donors (Lipinski definition) is 3. The fourth-order valence-electron chi connectivity index (χ4n) is 2.39. The van der Waals surface area contributed by atoms with Crippen molar-refractivity contribution in [1.29, 1.82) is 0 Å². The number of benzene rings is 1. The first kappa shape index (κ1) is 18.0. The average molecular weight is 347 g/mol. The van der Waals surface area contributed by atoms with E-state index in [0.29, 0.717) is 17.8 Å². The minimum atomic E-state index is -2.49. The van der Waals surface area contributed by atoms with E-state index < -0.39 is 22.4 Å². The van der Waals surface area contributed by atoms with Gasteiger partial charge in [-0.2, -0.15) is 8.42 Å². The van der Waals surface area contributed by atoms with Crippen LogP contribution in [0.2, 0.25) is 0 Å². The van der Waals surface area contributed by atoms with Gasteiger partial charge in [-0.25, -0.2) is 4.79 Å². The molecule has 1 aliphatic rings. The van der Waals surface area contributed by atoms with Crippen LogP contribution in [-0.4, -0.2) is 31.9 Å². The number of carbonyl (C=O) groups is 1. The Labute approximate surface area is 143 Å². The molecule has 1 unspecified atom stereocenters. The zero-order valence-corrected chi connectivity index (χ0v) is 14.3. The van der Waals surface area contributed by atoms with Gasteiger partial charge in [0.15, 0.2) is 0 Å². The highest BCUT2D eigenvalue weighted by Crippen LogP contribution is 2.23. The lowest BCUT2D eigenvalue weighted by Gasteiger charge is -2.23. The molecule has 0 saturated heterocycles. The van der Waals surface area contributed by atoms with Crippen LogP contribution in [-0.2, 0) is 10.3 Å². The van der Waals surface area contributed by atoms with E-state index in [1.165, 1.54) is 0 Å². The quantitative estimate of drug-likeness (QED) is 0.554. The maximum absolute atomic E-state index is 11.9. The molecule has 6 nitrogen and oxygen atoms in total. The van der Waals surface area contributed by atoms with Crippen molar-refractivity contribution in [2.45, 2.75) is 25.8 Å². The highest BCUT2D eigenvalue weighted by Gasteiger charge is 2.26. The third-order valence-electron chi connectivity index (χ3n) is 3.65. The number of nitrogens with one attached hydrogen (secondary N) is 2. The molecular weight excluding hydrogens is 326 g/mol. The minimum absolute atomic E-state index is 0.0626. The van der Waals surface area contributed by atoms with Crippen molar-refractivity contribution in [2.75, 3.05) is 6.54 Å². The normalized spacial score (nSPS) is 16.9. The SMILES string of the molecule is CCCCNC(=O)NC1=CC=C(c2ccccc2)C(=S(=O)=O)C1N. The molecule has 4 N–H and O–H groups in total. The number of unbranched alkanes of at least 4 members (excludes halogenated alkanes) is 1. The average Bonchev–Trinajstić information content (AvgIpc) is 2.57. The molecule has 2 amide bonds. The van der Waals surface area contributed by atoms with Crippen molar-refractivity contribution >= 4 is 26.8 Å². The van der Waals surface area contributed by atoms with Gasteiger partial charge in [-0.3, -0.25) is 0 Å². The maximum Gasteiger partial charge on any atom is 0.319 e. The van der Waals surface area contributed by atoms with Crippen LogP contribution in [0.3, 0.4) is 0 Å². The van der Waals surface area contributed by atoms with Crippen LogP contribution < -0.4 is 16.4 Å². The molecule has 2 rings (SSSR count). The molecule has 0 saturated carbocycles. The highest BCUT2D eigenvalue weighted by atomic mass is 32.2. The van der Waals surface area contributed by atoms with Crippen molar-refractivity contribution in [1.82, 2.24) is 10.6 Å². The van der Waals surface area contributed by atoms with Crippen molar-refractivity contribution in [2.24, 2.45) is 5.73 Å². The number of nitrogens with two attached hydrogens (primary N) is 1. The predicted octanol–water partition coefficient (Wildman–Crippen LogP) is 1.45. The highest BCUT2D eigenvalue weighted by molar-refractivity contribution is 7.74. The topological polar surface area (TPSA) is 101 Å². The lowest BCUT2D eigenvalue weighted by molar-refractivity contribution is 0.243. The Hall–Kier alpha value is -2.38. The molecule has 0 fully saturated rings. The third kappa shape index (κ3) is 4.33. The summed E-state index contributed by atoms with van der Waals surface area (Å²) in [5.41, 5.74) is 7.72. The van der Waals surface area contributed by atoms with Gasteiger partial charge in [-0.15, -0.1) is 0 Å². The van der Waals surface area contributed by atoms with E-state index in [4.69, 9.17) is 5.73 Å². The first-order valence-corrected chi connectivity index (χ1v) is 8.86. The molecule has 0 heterocycles. The van der Waals surface area contributed by atoms with Gasteiger partial charge in [0.1, 0.15) is 4.86 Å². The van der Waals surface area contributed by atoms with Gasteiger partial charge in [0.2, 0.25) is 10.3 Å². The number of urea groups is 1. The molecule has 0 aromatic heterocycles. The van der Waals surface area contributed by atoms with E-state index in [2.05, 4.69) is 10.6 Å². The second kappa shape index (κ2) is 8.47. The van der Waals surface area contributed by atoms with Crippen LogP contribution in [0, 0.1) is 0 Å². The summed E-state index contributed by atoms with van der Waals surface area (Å²) in [7, 11) is -2.49. The van der Waals surface area contributed by atoms with Crippen LogP contribution in [0.4, 0.5) is 4.79 Å². The van der Waals surface area contributed by atoms with E-state index in [9.17, 15) is 13.2 Å². The summed E-state index contributed by atoms with van der Waals surface area (Å²) in [6.45, 7) is 2.58. The molecule has 7 heteroatoms. The Morgan fingerprint density at radius 2 is 1.92 bits per heavy atom. The molecule has 1 aromatic carbocycles. The lowest BCUT2D eigenvalue weighted by atomic mass is 9.92. The number of allylic oxidation sites excluding steroid dienone is 2. The molecular formula is C17H21N3O3S. The molecule has 0 bridgehead atoms. The number of hydrogen-bond acceptors (Lipinski definition) is 4. The Balaban J connectivity index is 2.26. The van der Waals surface area contributed by atoms with Gasteiger partial charge >= 0.3 is 6.03 Å². The molecule has 0 spiro atoms. The standard InChI is InChI=1S/C17H21N3O3S/c1-2-3-11-19-17(21)20-14-10-9-13(12-7-5-4-6-8-12)16(15(14)18)24(22)23/h4-10,15H,2-3,11,18H2,1H3,(H2,19,20,21). The smallest absolute Gasteiger partial charge is 0.319 e. The van der Waals surface area contributed by atoms with Gasteiger partial charge < -0.3 is 16.4 Å². The number of carbonyl (C=O) groups excluding carboxylic acids is 1. The largest absolute Gasteiger partial charge is 0.338 e. The summed E-state index contributed by atoms with van der Waals surface area (Å²) in [5, 5.41) is 5.34. The zero-order chi connectivity index (χ0) is 17.5. The van der Waals surface area contributed by atoms with Crippen LogP contribution in [0.25, 0.3) is 5.57 Å². The van der Waals surface area contributed by atoms with Gasteiger partial charge in [0.05, 0.1) is 6.04 Å². The van der Waals surface area contributed by atoms with E-state index in [-0.39, 0.29) is 4.86 Å². The molecule has 0 radical (unpaired) electrons. The Kier molecular flexibility index (Phi) is 6.34. The summed E-state index contributed by atoms with van der Waals surface area (Å²) in [6, 6.07) is 7.82. The molecule has 0 aliphatic heterocycles. The molecule has 1 aliphatic carbocycles. The maximum atomic E-state index is 11.9. The molecule has 1 aromatic rings. The third-order valence-corrected chi connectivity index (χ3v) is 4.48. The van der Waals surface area contributed by atoms with E-state index in [1.807, 2.05) is 37.3 Å². The fourth-order valence-corrected chi connectivity index (χ4v) is 3.09. The second-order valence-corrected chi connectivity index (χ2v) is 6.29. The first-order chi connectivity index (χ1) is 11.5. The molecule has 128 valence electrons. The van der Waals surface area contributed by atoms with Crippen LogP contribution in [0.15, 0.2) is 48.2 Å². The van der Waals surface area contributed by atoms with Gasteiger partial charge in [0, 0.05) is 17.8 Å². The molecule has 24 heavy (non-hydrogen) atoms. The van der Waals surface area contributed by atoms with Gasteiger partial charge in [0.25, 0.3) is 0 Å². The fraction of sp³-hybridized carbons (Fsp3) is 0.294. The van der Waals surface area contributed by atoms with Crippen molar-refractivity contribution in [3.8, 4) is 0 Å². The summed E-state index contributed by atoms with van der Waals surface area (Å²) in [4.78, 5) is 11.9. The first-order valence-electron chi connectivity index (χ1n) is 7.78. The van der Waals surface area contributed by atoms with Gasteiger partial charge in [-0.05, 0) is 18.1 Å². The van der Waals surface area contributed by atoms with E-state index >= 15 is 0 Å². The minimum Gasteiger partial charge on any atom is -0.338 e. The Morgan fingerprint density at radius 3 is 2.54 bits per heavy atom. The van der Waals surface area contributed by atoms with Crippen LogP contribution in [0.5, 0.6) is 0 Å². The lowest BCUT2D eigenvalue weighted by Crippen LogP contribution is -2.45. The van der Waals surface area contributed by atoms with Crippen molar-refractivity contribution in [3.63, 3.8) is 0 Å². The summed E-state index contributed by atoms with van der Waals surface area (Å²) in [5.74, 6) is 0. The molecule has 1 atom stereocenters. The van der Waals surface area contributed by atoms with Crippen LogP contribution >= 0.6 is 0 Å². The second-order valence-electron chi connectivity index (χ2n) is 5.38.